The van der Waals surface area contributed by atoms with Crippen LogP contribution in [0.25, 0.3) is 0 Å². The summed E-state index contributed by atoms with van der Waals surface area (Å²) in [4.78, 5) is 0. The van der Waals surface area contributed by atoms with E-state index in [4.69, 9.17) is 14.2 Å². The van der Waals surface area contributed by atoms with Gasteiger partial charge in [0.15, 0.2) is 0 Å². The maximum absolute atomic E-state index is 5.54. The van der Waals surface area contributed by atoms with Crippen LogP contribution in [0.1, 0.15) is 38.8 Å². The minimum Gasteiger partial charge on any atom is -0.496 e. The molecule has 1 rings (SSSR count). The Hall–Kier alpha value is -1.42. The van der Waals surface area contributed by atoms with E-state index in [1.54, 1.807) is 21.3 Å². The molecule has 0 aliphatic rings. The molecule has 0 saturated carbocycles. The zero-order valence-corrected chi connectivity index (χ0v) is 13.4. The van der Waals surface area contributed by atoms with E-state index < -0.39 is 0 Å². The highest BCUT2D eigenvalue weighted by Gasteiger charge is 2.22. The van der Waals surface area contributed by atoms with Gasteiger partial charge in [0.2, 0.25) is 0 Å². The molecule has 1 aromatic rings. The average molecular weight is 281 g/mol. The van der Waals surface area contributed by atoms with Gasteiger partial charge in [-0.05, 0) is 18.9 Å². The molecule has 1 atom stereocenters. The van der Waals surface area contributed by atoms with Gasteiger partial charge < -0.3 is 19.5 Å². The predicted octanol–water partition coefficient (Wildman–Crippen LogP) is 3.41. The third-order valence-electron chi connectivity index (χ3n) is 3.26. The van der Waals surface area contributed by atoms with E-state index in [-0.39, 0.29) is 6.04 Å². The lowest BCUT2D eigenvalue weighted by Crippen LogP contribution is -2.23. The maximum atomic E-state index is 5.54. The Morgan fingerprint density at radius 2 is 1.55 bits per heavy atom. The maximum Gasteiger partial charge on any atom is 0.131 e. The van der Waals surface area contributed by atoms with Gasteiger partial charge in [0.25, 0.3) is 0 Å². The summed E-state index contributed by atoms with van der Waals surface area (Å²) in [7, 11) is 5.00. The van der Waals surface area contributed by atoms with Crippen LogP contribution < -0.4 is 19.5 Å². The van der Waals surface area contributed by atoms with Crippen LogP contribution in [-0.2, 0) is 0 Å². The molecule has 1 aromatic carbocycles. The van der Waals surface area contributed by atoms with Crippen molar-refractivity contribution in [2.45, 2.75) is 33.2 Å². The van der Waals surface area contributed by atoms with Crippen LogP contribution in [0.3, 0.4) is 0 Å². The summed E-state index contributed by atoms with van der Waals surface area (Å²) >= 11 is 0. The summed E-state index contributed by atoms with van der Waals surface area (Å²) in [5, 5.41) is 3.52. The topological polar surface area (TPSA) is 39.7 Å². The van der Waals surface area contributed by atoms with Crippen LogP contribution >= 0.6 is 0 Å². The molecule has 20 heavy (non-hydrogen) atoms. The van der Waals surface area contributed by atoms with Crippen molar-refractivity contribution in [3.8, 4) is 17.2 Å². The van der Waals surface area contributed by atoms with Crippen LogP contribution in [0, 0.1) is 5.92 Å². The third kappa shape index (κ3) is 4.04. The van der Waals surface area contributed by atoms with Crippen molar-refractivity contribution in [2.75, 3.05) is 27.9 Å². The van der Waals surface area contributed by atoms with E-state index in [0.717, 1.165) is 35.8 Å². The van der Waals surface area contributed by atoms with Gasteiger partial charge in [-0.15, -0.1) is 0 Å². The highest BCUT2D eigenvalue weighted by Crippen LogP contribution is 2.40. The molecule has 1 N–H and O–H groups in total. The molecule has 0 heterocycles. The molecular formula is C16H27NO3. The summed E-state index contributed by atoms with van der Waals surface area (Å²) in [6.07, 6.45) is 1.02. The molecule has 0 saturated heterocycles. The van der Waals surface area contributed by atoms with E-state index in [1.165, 1.54) is 0 Å². The number of methoxy groups -OCH3 is 3. The fourth-order valence-electron chi connectivity index (χ4n) is 2.40. The van der Waals surface area contributed by atoms with Crippen molar-refractivity contribution in [3.05, 3.63) is 17.7 Å². The molecule has 1 unspecified atom stereocenters. The van der Waals surface area contributed by atoms with Crippen LogP contribution in [0.15, 0.2) is 12.1 Å². The molecule has 0 aromatic heterocycles. The summed E-state index contributed by atoms with van der Waals surface area (Å²) in [6.45, 7) is 7.44. The van der Waals surface area contributed by atoms with Crippen molar-refractivity contribution in [3.63, 3.8) is 0 Å². The lowest BCUT2D eigenvalue weighted by molar-refractivity contribution is 0.347. The minimum atomic E-state index is 0.204. The lowest BCUT2D eigenvalue weighted by Gasteiger charge is -2.25. The molecule has 0 bridgehead atoms. The fraction of sp³-hybridized carbons (Fsp3) is 0.625. The zero-order valence-electron chi connectivity index (χ0n) is 13.4. The molecule has 0 aliphatic carbocycles. The van der Waals surface area contributed by atoms with Crippen LogP contribution in [0.4, 0.5) is 0 Å². The number of ether oxygens (including phenoxy) is 3. The number of hydrogen-bond donors (Lipinski definition) is 1. The smallest absolute Gasteiger partial charge is 0.131 e. The Kier molecular flexibility index (Phi) is 6.65. The molecule has 4 nitrogen and oxygen atoms in total. The van der Waals surface area contributed by atoms with E-state index in [2.05, 4.69) is 26.1 Å². The first kappa shape index (κ1) is 16.6. The number of benzene rings is 1. The van der Waals surface area contributed by atoms with Gasteiger partial charge in [0.1, 0.15) is 17.2 Å². The summed E-state index contributed by atoms with van der Waals surface area (Å²) in [6, 6.07) is 4.02. The second-order valence-electron chi connectivity index (χ2n) is 5.19. The zero-order chi connectivity index (χ0) is 15.1. The van der Waals surface area contributed by atoms with Gasteiger partial charge >= 0.3 is 0 Å². The monoisotopic (exact) mass is 281 g/mol. The molecule has 0 amide bonds. The van der Waals surface area contributed by atoms with E-state index in [0.29, 0.717) is 5.92 Å². The molecule has 4 heteroatoms. The highest BCUT2D eigenvalue weighted by molar-refractivity contribution is 5.52. The van der Waals surface area contributed by atoms with Crippen molar-refractivity contribution in [1.82, 2.24) is 5.32 Å². The van der Waals surface area contributed by atoms with E-state index in [1.807, 2.05) is 12.1 Å². The van der Waals surface area contributed by atoms with Crippen LogP contribution in [0.2, 0.25) is 0 Å². The second-order valence-corrected chi connectivity index (χ2v) is 5.19. The van der Waals surface area contributed by atoms with Crippen molar-refractivity contribution >= 4 is 0 Å². The SMILES string of the molecule is CCNC(CC(C)C)c1c(OC)cc(OC)cc1OC. The summed E-state index contributed by atoms with van der Waals surface area (Å²) in [5.41, 5.74) is 1.06. The summed E-state index contributed by atoms with van der Waals surface area (Å²) < 4.78 is 16.4. The van der Waals surface area contributed by atoms with Crippen LogP contribution in [-0.4, -0.2) is 27.9 Å². The van der Waals surface area contributed by atoms with Crippen LogP contribution in [0.5, 0.6) is 17.2 Å². The second kappa shape index (κ2) is 8.00. The first-order chi connectivity index (χ1) is 9.57. The Morgan fingerprint density at radius 1 is 1.00 bits per heavy atom. The quantitative estimate of drug-likeness (QED) is 0.792. The Morgan fingerprint density at radius 3 is 1.90 bits per heavy atom. The Labute approximate surface area is 122 Å². The van der Waals surface area contributed by atoms with Gasteiger partial charge in [-0.3, -0.25) is 0 Å². The van der Waals surface area contributed by atoms with Gasteiger partial charge in [-0.1, -0.05) is 20.8 Å². The molecule has 0 aliphatic heterocycles. The Bertz CT molecular complexity index is 393. The van der Waals surface area contributed by atoms with Crippen molar-refractivity contribution < 1.29 is 14.2 Å². The molecular weight excluding hydrogens is 254 g/mol. The van der Waals surface area contributed by atoms with E-state index in [9.17, 15) is 0 Å². The normalized spacial score (nSPS) is 12.3. The molecule has 114 valence electrons. The van der Waals surface area contributed by atoms with Crippen molar-refractivity contribution in [2.24, 2.45) is 5.92 Å². The summed E-state index contributed by atoms with van der Waals surface area (Å²) in [5.74, 6) is 2.92. The number of rotatable bonds is 8. The number of nitrogens with one attached hydrogen (secondary N) is 1. The van der Waals surface area contributed by atoms with Gasteiger partial charge in [0.05, 0.1) is 26.9 Å². The first-order valence-electron chi connectivity index (χ1n) is 7.10. The standard InChI is InChI=1S/C16H27NO3/c1-7-17-13(8-11(2)3)16-14(19-5)9-12(18-4)10-15(16)20-6/h9-11,13,17H,7-8H2,1-6H3. The third-order valence-corrected chi connectivity index (χ3v) is 3.26. The van der Waals surface area contributed by atoms with Gasteiger partial charge in [-0.2, -0.15) is 0 Å². The van der Waals surface area contributed by atoms with Crippen molar-refractivity contribution in [1.29, 1.82) is 0 Å². The molecule has 0 fully saturated rings. The Balaban J connectivity index is 3.29. The lowest BCUT2D eigenvalue weighted by atomic mass is 9.95. The van der Waals surface area contributed by atoms with E-state index >= 15 is 0 Å². The number of hydrogen-bond acceptors (Lipinski definition) is 4. The predicted molar refractivity (Wildman–Crippen MR) is 82.0 cm³/mol. The average Bonchev–Trinajstić information content (AvgIpc) is 2.44. The molecule has 0 spiro atoms. The highest BCUT2D eigenvalue weighted by atomic mass is 16.5. The minimum absolute atomic E-state index is 0.204. The molecule has 0 radical (unpaired) electrons. The fourth-order valence-corrected chi connectivity index (χ4v) is 2.40. The van der Waals surface area contributed by atoms with Gasteiger partial charge in [0, 0.05) is 18.2 Å². The first-order valence-corrected chi connectivity index (χ1v) is 7.10. The largest absolute Gasteiger partial charge is 0.496 e. The van der Waals surface area contributed by atoms with Gasteiger partial charge in [-0.25, -0.2) is 0 Å².